The number of hydrogen-bond donors (Lipinski definition) is 1. The first-order valence-corrected chi connectivity index (χ1v) is 8.36. The number of aromatic nitrogens is 5. The van der Waals surface area contributed by atoms with Crippen LogP contribution in [-0.2, 0) is 6.42 Å². The highest BCUT2D eigenvalue weighted by Crippen LogP contribution is 2.21. The van der Waals surface area contributed by atoms with Crippen LogP contribution in [-0.4, -0.2) is 30.6 Å². The SMILES string of the molecule is Cc1cnc2c(Cl)c(C(=O)N[C@@H](C)c3nc(CC(C)C)no3)nn2c1. The maximum atomic E-state index is 12.5. The summed E-state index contributed by atoms with van der Waals surface area (Å²) in [7, 11) is 0. The van der Waals surface area contributed by atoms with E-state index in [2.05, 4.69) is 39.4 Å². The number of halogens is 1. The van der Waals surface area contributed by atoms with E-state index in [4.69, 9.17) is 16.1 Å². The Morgan fingerprint density at radius 2 is 2.16 bits per heavy atom. The largest absolute Gasteiger partial charge is 0.339 e. The van der Waals surface area contributed by atoms with Crippen molar-refractivity contribution < 1.29 is 9.32 Å². The fourth-order valence-corrected chi connectivity index (χ4v) is 2.62. The van der Waals surface area contributed by atoms with Crippen molar-refractivity contribution in [1.29, 1.82) is 0 Å². The van der Waals surface area contributed by atoms with Gasteiger partial charge in [-0.2, -0.15) is 10.1 Å². The minimum absolute atomic E-state index is 0.105. The fraction of sp³-hybridized carbons (Fsp3) is 0.438. The summed E-state index contributed by atoms with van der Waals surface area (Å²) >= 11 is 6.24. The lowest BCUT2D eigenvalue weighted by molar-refractivity contribution is 0.0927. The Hall–Kier alpha value is -2.48. The Balaban J connectivity index is 1.77. The molecule has 8 nitrogen and oxygen atoms in total. The first-order chi connectivity index (χ1) is 11.8. The van der Waals surface area contributed by atoms with Crippen molar-refractivity contribution in [3.05, 3.63) is 40.4 Å². The lowest BCUT2D eigenvalue weighted by Gasteiger charge is -2.08. The first-order valence-electron chi connectivity index (χ1n) is 7.99. The molecule has 0 aliphatic carbocycles. The van der Waals surface area contributed by atoms with Gasteiger partial charge >= 0.3 is 0 Å². The normalized spacial score (nSPS) is 12.7. The van der Waals surface area contributed by atoms with Crippen LogP contribution in [0.25, 0.3) is 5.65 Å². The van der Waals surface area contributed by atoms with Crippen LogP contribution in [0.3, 0.4) is 0 Å². The highest BCUT2D eigenvalue weighted by molar-refractivity contribution is 6.36. The molecule has 1 amide bonds. The molecule has 0 bridgehead atoms. The second-order valence-electron chi connectivity index (χ2n) is 6.40. The molecule has 0 aromatic carbocycles. The zero-order chi connectivity index (χ0) is 18.1. The Labute approximate surface area is 149 Å². The van der Waals surface area contributed by atoms with E-state index >= 15 is 0 Å². The van der Waals surface area contributed by atoms with E-state index in [1.807, 2.05) is 6.92 Å². The van der Waals surface area contributed by atoms with Gasteiger partial charge in [-0.15, -0.1) is 0 Å². The molecule has 3 heterocycles. The zero-order valence-corrected chi connectivity index (χ0v) is 15.2. The van der Waals surface area contributed by atoms with Crippen molar-refractivity contribution in [2.24, 2.45) is 5.92 Å². The number of nitrogens with one attached hydrogen (secondary N) is 1. The number of rotatable bonds is 5. The molecular weight excluding hydrogens is 344 g/mol. The number of aryl methyl sites for hydroxylation is 1. The Bertz CT molecular complexity index is 917. The van der Waals surface area contributed by atoms with E-state index < -0.39 is 11.9 Å². The molecule has 132 valence electrons. The van der Waals surface area contributed by atoms with Crippen molar-refractivity contribution in [3.8, 4) is 0 Å². The number of carbonyl (C=O) groups excluding carboxylic acids is 1. The van der Waals surface area contributed by atoms with E-state index in [0.717, 1.165) is 5.56 Å². The number of fused-ring (bicyclic) bond motifs is 1. The maximum Gasteiger partial charge on any atom is 0.274 e. The molecule has 0 saturated carbocycles. The van der Waals surface area contributed by atoms with Crippen LogP contribution < -0.4 is 5.32 Å². The third kappa shape index (κ3) is 3.63. The summed E-state index contributed by atoms with van der Waals surface area (Å²) in [5, 5.41) is 11.1. The molecule has 0 aliphatic rings. The average molecular weight is 363 g/mol. The Kier molecular flexibility index (Phi) is 4.71. The number of nitrogens with zero attached hydrogens (tertiary/aromatic N) is 5. The summed E-state index contributed by atoms with van der Waals surface area (Å²) in [6.07, 6.45) is 4.14. The number of carbonyl (C=O) groups is 1. The summed E-state index contributed by atoms with van der Waals surface area (Å²) in [5.41, 5.74) is 1.45. The second kappa shape index (κ2) is 6.79. The summed E-state index contributed by atoms with van der Waals surface area (Å²) < 4.78 is 6.71. The molecule has 1 atom stereocenters. The Morgan fingerprint density at radius 3 is 2.88 bits per heavy atom. The molecule has 0 unspecified atom stereocenters. The van der Waals surface area contributed by atoms with Gasteiger partial charge in [-0.1, -0.05) is 30.6 Å². The lowest BCUT2D eigenvalue weighted by Crippen LogP contribution is -2.27. The van der Waals surface area contributed by atoms with Crippen molar-refractivity contribution >= 4 is 23.2 Å². The van der Waals surface area contributed by atoms with Crippen molar-refractivity contribution in [3.63, 3.8) is 0 Å². The van der Waals surface area contributed by atoms with E-state index in [9.17, 15) is 4.79 Å². The van der Waals surface area contributed by atoms with Crippen LogP contribution in [0.5, 0.6) is 0 Å². The molecule has 25 heavy (non-hydrogen) atoms. The summed E-state index contributed by atoms with van der Waals surface area (Å²) in [6, 6.07) is -0.462. The van der Waals surface area contributed by atoms with Crippen LogP contribution in [0.4, 0.5) is 0 Å². The summed E-state index contributed by atoms with van der Waals surface area (Å²) in [6.45, 7) is 7.79. The predicted octanol–water partition coefficient (Wildman–Crippen LogP) is 2.76. The van der Waals surface area contributed by atoms with Gasteiger partial charge in [0.15, 0.2) is 17.2 Å². The minimum Gasteiger partial charge on any atom is -0.339 e. The fourth-order valence-electron chi connectivity index (χ4n) is 2.36. The predicted molar refractivity (Wildman–Crippen MR) is 91.5 cm³/mol. The smallest absolute Gasteiger partial charge is 0.274 e. The molecule has 0 spiro atoms. The van der Waals surface area contributed by atoms with E-state index in [1.54, 1.807) is 19.3 Å². The molecule has 0 saturated heterocycles. The average Bonchev–Trinajstić information content (AvgIpc) is 3.11. The third-order valence-corrected chi connectivity index (χ3v) is 3.90. The first kappa shape index (κ1) is 17.3. The van der Waals surface area contributed by atoms with E-state index in [-0.39, 0.29) is 10.7 Å². The molecule has 0 fully saturated rings. The summed E-state index contributed by atoms with van der Waals surface area (Å²) in [4.78, 5) is 21.0. The van der Waals surface area contributed by atoms with Crippen molar-refractivity contribution in [1.82, 2.24) is 30.1 Å². The highest BCUT2D eigenvalue weighted by Gasteiger charge is 2.23. The summed E-state index contributed by atoms with van der Waals surface area (Å²) in [5.74, 6) is 0.960. The molecular formula is C16H19ClN6O2. The molecule has 1 N–H and O–H groups in total. The van der Waals surface area contributed by atoms with Gasteiger partial charge < -0.3 is 9.84 Å². The lowest BCUT2D eigenvalue weighted by atomic mass is 10.1. The third-order valence-electron chi connectivity index (χ3n) is 3.55. The highest BCUT2D eigenvalue weighted by atomic mass is 35.5. The van der Waals surface area contributed by atoms with Gasteiger partial charge in [0, 0.05) is 18.8 Å². The van der Waals surface area contributed by atoms with Crippen LogP contribution in [0.1, 0.15) is 54.6 Å². The van der Waals surface area contributed by atoms with Crippen molar-refractivity contribution in [2.75, 3.05) is 0 Å². The maximum absolute atomic E-state index is 12.5. The number of amides is 1. The molecule has 3 rings (SSSR count). The van der Waals surface area contributed by atoms with Crippen molar-refractivity contribution in [2.45, 2.75) is 40.2 Å². The second-order valence-corrected chi connectivity index (χ2v) is 6.78. The van der Waals surface area contributed by atoms with Crippen LogP contribution in [0.15, 0.2) is 16.9 Å². The van der Waals surface area contributed by atoms with Gasteiger partial charge in [0.1, 0.15) is 11.1 Å². The van der Waals surface area contributed by atoms with E-state index in [1.165, 1.54) is 4.52 Å². The molecule has 0 radical (unpaired) electrons. The standard InChI is InChI=1S/C16H19ClN6O2/c1-8(2)5-11-20-16(25-22-11)10(4)19-15(24)13-12(17)14-18-6-9(3)7-23(14)21-13/h6-8,10H,5H2,1-4H3,(H,19,24)/t10-/m0/s1. The van der Waals surface area contributed by atoms with Gasteiger partial charge in [0.25, 0.3) is 5.91 Å². The molecule has 3 aromatic heterocycles. The van der Waals surface area contributed by atoms with Crippen LogP contribution >= 0.6 is 11.6 Å². The van der Waals surface area contributed by atoms with Crippen LogP contribution in [0, 0.1) is 12.8 Å². The minimum atomic E-state index is -0.462. The van der Waals surface area contributed by atoms with Gasteiger partial charge in [-0.25, -0.2) is 9.50 Å². The molecule has 3 aromatic rings. The van der Waals surface area contributed by atoms with E-state index in [0.29, 0.717) is 29.7 Å². The van der Waals surface area contributed by atoms with Gasteiger partial charge in [0.05, 0.1) is 0 Å². The Morgan fingerprint density at radius 1 is 1.40 bits per heavy atom. The monoisotopic (exact) mass is 362 g/mol. The number of hydrogen-bond acceptors (Lipinski definition) is 6. The van der Waals surface area contributed by atoms with Gasteiger partial charge in [0.2, 0.25) is 5.89 Å². The topological polar surface area (TPSA) is 98.2 Å². The quantitative estimate of drug-likeness (QED) is 0.749. The zero-order valence-electron chi connectivity index (χ0n) is 14.4. The van der Waals surface area contributed by atoms with Gasteiger partial charge in [-0.05, 0) is 25.3 Å². The van der Waals surface area contributed by atoms with Gasteiger partial charge in [-0.3, -0.25) is 4.79 Å². The molecule has 0 aliphatic heterocycles. The van der Waals surface area contributed by atoms with Crippen LogP contribution in [0.2, 0.25) is 5.02 Å². The molecule has 9 heteroatoms.